The topological polar surface area (TPSA) is 98.1 Å². The van der Waals surface area contributed by atoms with Crippen LogP contribution in [0.5, 0.6) is 5.88 Å². The van der Waals surface area contributed by atoms with E-state index >= 15 is 0 Å². The molecule has 2 aromatic rings. The molecule has 0 saturated heterocycles. The molecule has 1 atom stereocenters. The van der Waals surface area contributed by atoms with E-state index in [2.05, 4.69) is 15.6 Å². The molecule has 0 aliphatic rings. The van der Waals surface area contributed by atoms with Crippen molar-refractivity contribution in [1.29, 1.82) is 5.41 Å². The molecule has 1 amide bonds. The van der Waals surface area contributed by atoms with Crippen LogP contribution in [0.25, 0.3) is 0 Å². The Bertz CT molecular complexity index is 837. The third-order valence-corrected chi connectivity index (χ3v) is 4.40. The minimum atomic E-state index is -0.380. The van der Waals surface area contributed by atoms with Gasteiger partial charge in [-0.15, -0.1) is 0 Å². The second-order valence-electron chi connectivity index (χ2n) is 6.53. The maximum atomic E-state index is 12.5. The number of benzene rings is 1. The lowest BCUT2D eigenvalue weighted by atomic mass is 10.1. The number of carbonyl (C=O) groups excluding carboxylic acids is 1. The highest BCUT2D eigenvalue weighted by atomic mass is 16.3. The van der Waals surface area contributed by atoms with Gasteiger partial charge in [-0.2, -0.15) is 0 Å². The highest BCUT2D eigenvalue weighted by molar-refractivity contribution is 6.11. The Morgan fingerprint density at radius 1 is 1.30 bits per heavy atom. The Kier molecular flexibility index (Phi) is 6.71. The summed E-state index contributed by atoms with van der Waals surface area (Å²) in [6.07, 6.45) is 1.04. The third-order valence-electron chi connectivity index (χ3n) is 4.40. The van der Waals surface area contributed by atoms with Gasteiger partial charge in [0.25, 0.3) is 5.91 Å². The SMILES string of the molecule is C/C(NC(C)c1ccccc1)=C(/C=N)C(=O)NCc1c(C)cc(C)nc1O. The van der Waals surface area contributed by atoms with Crippen molar-refractivity contribution in [1.82, 2.24) is 15.6 Å². The molecule has 4 N–H and O–H groups in total. The molecule has 0 fully saturated rings. The molecule has 0 saturated carbocycles. The predicted molar refractivity (Wildman–Crippen MR) is 107 cm³/mol. The van der Waals surface area contributed by atoms with Gasteiger partial charge in [-0.05, 0) is 44.9 Å². The number of aromatic hydroxyl groups is 1. The Morgan fingerprint density at radius 3 is 2.56 bits per heavy atom. The van der Waals surface area contributed by atoms with E-state index < -0.39 is 0 Å². The lowest BCUT2D eigenvalue weighted by molar-refractivity contribution is -0.117. The number of rotatable bonds is 7. The predicted octanol–water partition coefficient (Wildman–Crippen LogP) is 3.29. The van der Waals surface area contributed by atoms with Crippen LogP contribution < -0.4 is 10.6 Å². The lowest BCUT2D eigenvalue weighted by Gasteiger charge is -2.18. The number of amides is 1. The van der Waals surface area contributed by atoms with Crippen LogP contribution >= 0.6 is 0 Å². The maximum absolute atomic E-state index is 12.5. The molecule has 0 radical (unpaired) electrons. The lowest BCUT2D eigenvalue weighted by Crippen LogP contribution is -2.29. The first-order chi connectivity index (χ1) is 12.8. The van der Waals surface area contributed by atoms with Gasteiger partial charge in [0, 0.05) is 35.8 Å². The molecule has 142 valence electrons. The van der Waals surface area contributed by atoms with E-state index in [-0.39, 0.29) is 29.9 Å². The normalized spacial score (nSPS) is 12.7. The molecule has 0 aliphatic carbocycles. The zero-order valence-electron chi connectivity index (χ0n) is 16.1. The molecule has 2 rings (SSSR count). The standard InChI is InChI=1S/C21H26N4O2/c1-13-10-14(2)24-21(27)19(13)12-23-20(26)18(11-22)16(4)25-15(3)17-8-6-5-7-9-17/h5-11,15,22,25H,12H2,1-4H3,(H,23,26)(H,24,27)/b18-16+,22-11?. The number of hydrogen-bond donors (Lipinski definition) is 4. The van der Waals surface area contributed by atoms with Gasteiger partial charge in [0.15, 0.2) is 0 Å². The van der Waals surface area contributed by atoms with Crippen LogP contribution in [0.4, 0.5) is 0 Å². The summed E-state index contributed by atoms with van der Waals surface area (Å²) in [4.78, 5) is 16.6. The van der Waals surface area contributed by atoms with Gasteiger partial charge in [-0.25, -0.2) is 4.98 Å². The number of carbonyl (C=O) groups is 1. The molecule has 0 bridgehead atoms. The number of hydrogen-bond acceptors (Lipinski definition) is 5. The maximum Gasteiger partial charge on any atom is 0.254 e. The number of pyridine rings is 1. The molecule has 1 aromatic carbocycles. The summed E-state index contributed by atoms with van der Waals surface area (Å²) in [5.41, 5.74) is 4.09. The Balaban J connectivity index is 2.10. The van der Waals surface area contributed by atoms with Crippen molar-refractivity contribution < 1.29 is 9.90 Å². The van der Waals surface area contributed by atoms with Crippen LogP contribution in [0.2, 0.25) is 0 Å². The number of nitrogens with one attached hydrogen (secondary N) is 3. The molecule has 0 aliphatic heterocycles. The Hall–Kier alpha value is -3.15. The fourth-order valence-corrected chi connectivity index (χ4v) is 2.90. The molecule has 1 heterocycles. The van der Waals surface area contributed by atoms with Crippen molar-refractivity contribution in [2.45, 2.75) is 40.3 Å². The van der Waals surface area contributed by atoms with Gasteiger partial charge in [-0.1, -0.05) is 30.3 Å². The van der Waals surface area contributed by atoms with Crippen LogP contribution in [0.1, 0.15) is 42.3 Å². The molecular formula is C21H26N4O2. The average Bonchev–Trinajstić information content (AvgIpc) is 2.62. The smallest absolute Gasteiger partial charge is 0.254 e. The van der Waals surface area contributed by atoms with E-state index in [1.54, 1.807) is 13.8 Å². The molecule has 1 aromatic heterocycles. The van der Waals surface area contributed by atoms with Gasteiger partial charge in [0.05, 0.1) is 5.57 Å². The van der Waals surface area contributed by atoms with Gasteiger partial charge >= 0.3 is 0 Å². The van der Waals surface area contributed by atoms with Crippen molar-refractivity contribution in [2.24, 2.45) is 0 Å². The quantitative estimate of drug-likeness (QED) is 0.446. The summed E-state index contributed by atoms with van der Waals surface area (Å²) in [5, 5.41) is 23.6. The van der Waals surface area contributed by atoms with Gasteiger partial charge in [0.1, 0.15) is 0 Å². The van der Waals surface area contributed by atoms with Crippen LogP contribution in [-0.2, 0) is 11.3 Å². The molecule has 6 heteroatoms. The molecule has 1 unspecified atom stereocenters. The fourth-order valence-electron chi connectivity index (χ4n) is 2.90. The molecule has 27 heavy (non-hydrogen) atoms. The van der Waals surface area contributed by atoms with Crippen molar-refractivity contribution in [3.8, 4) is 5.88 Å². The van der Waals surface area contributed by atoms with Crippen LogP contribution in [0.3, 0.4) is 0 Å². The average molecular weight is 366 g/mol. The van der Waals surface area contributed by atoms with Crippen molar-refractivity contribution >= 4 is 12.1 Å². The van der Waals surface area contributed by atoms with Crippen LogP contribution in [0, 0.1) is 19.3 Å². The van der Waals surface area contributed by atoms with E-state index in [1.165, 1.54) is 0 Å². The van der Waals surface area contributed by atoms with E-state index in [0.29, 0.717) is 11.3 Å². The van der Waals surface area contributed by atoms with Gasteiger partial charge in [-0.3, -0.25) is 4.79 Å². The highest BCUT2D eigenvalue weighted by Gasteiger charge is 2.15. The summed E-state index contributed by atoms with van der Waals surface area (Å²) >= 11 is 0. The first kappa shape index (κ1) is 20.2. The zero-order valence-corrected chi connectivity index (χ0v) is 16.1. The van der Waals surface area contributed by atoms with Gasteiger partial charge in [0.2, 0.25) is 5.88 Å². The minimum absolute atomic E-state index is 0.00142. The van der Waals surface area contributed by atoms with E-state index in [9.17, 15) is 9.90 Å². The van der Waals surface area contributed by atoms with Gasteiger partial charge < -0.3 is 21.1 Å². The van der Waals surface area contributed by atoms with Crippen molar-refractivity contribution in [3.05, 3.63) is 70.1 Å². The summed E-state index contributed by atoms with van der Waals surface area (Å²) in [6.45, 7) is 7.57. The van der Waals surface area contributed by atoms with E-state index in [1.807, 2.05) is 50.2 Å². The Morgan fingerprint density at radius 2 is 1.96 bits per heavy atom. The number of allylic oxidation sites excluding steroid dienone is 1. The zero-order chi connectivity index (χ0) is 20.0. The minimum Gasteiger partial charge on any atom is -0.493 e. The summed E-state index contributed by atoms with van der Waals surface area (Å²) in [7, 11) is 0. The second kappa shape index (κ2) is 8.98. The number of nitrogens with zero attached hydrogens (tertiary/aromatic N) is 1. The first-order valence-electron chi connectivity index (χ1n) is 8.80. The van der Waals surface area contributed by atoms with Crippen LogP contribution in [0.15, 0.2) is 47.7 Å². The largest absolute Gasteiger partial charge is 0.493 e. The summed E-state index contributed by atoms with van der Waals surface area (Å²) < 4.78 is 0. The number of aryl methyl sites for hydroxylation is 2. The first-order valence-corrected chi connectivity index (χ1v) is 8.80. The summed E-state index contributed by atoms with van der Waals surface area (Å²) in [5.74, 6) is -0.463. The number of aromatic nitrogens is 1. The van der Waals surface area contributed by atoms with E-state index in [4.69, 9.17) is 5.41 Å². The third kappa shape index (κ3) is 5.17. The second-order valence-corrected chi connectivity index (χ2v) is 6.53. The Labute approximate surface area is 159 Å². The monoisotopic (exact) mass is 366 g/mol. The van der Waals surface area contributed by atoms with Crippen LogP contribution in [-0.4, -0.2) is 22.2 Å². The highest BCUT2D eigenvalue weighted by Crippen LogP contribution is 2.19. The van der Waals surface area contributed by atoms with Crippen molar-refractivity contribution in [3.63, 3.8) is 0 Å². The van der Waals surface area contributed by atoms with Crippen molar-refractivity contribution in [2.75, 3.05) is 0 Å². The fraction of sp³-hybridized carbons (Fsp3) is 0.286. The van der Waals surface area contributed by atoms with E-state index in [0.717, 1.165) is 23.0 Å². The molecule has 6 nitrogen and oxygen atoms in total. The summed E-state index contributed by atoms with van der Waals surface area (Å²) in [6, 6.07) is 11.7. The molecular weight excluding hydrogens is 340 g/mol. The molecule has 0 spiro atoms.